The molecule has 1 aromatic rings. The van der Waals surface area contributed by atoms with E-state index < -0.39 is 17.9 Å². The first-order valence-electron chi connectivity index (χ1n) is 9.26. The van der Waals surface area contributed by atoms with Gasteiger partial charge in [0, 0.05) is 25.5 Å². The fourth-order valence-corrected chi connectivity index (χ4v) is 3.51. The van der Waals surface area contributed by atoms with E-state index in [1.165, 1.54) is 14.2 Å². The molecule has 0 radical (unpaired) electrons. The van der Waals surface area contributed by atoms with Gasteiger partial charge in [-0.05, 0) is 24.1 Å². The van der Waals surface area contributed by atoms with Crippen LogP contribution in [0.15, 0.2) is 47.1 Å². The van der Waals surface area contributed by atoms with Gasteiger partial charge < -0.3 is 24.7 Å². The smallest absolute Gasteiger partial charge is 0.340 e. The Balaban J connectivity index is 2.03. The minimum atomic E-state index is -0.728. The number of rotatable bonds is 6. The van der Waals surface area contributed by atoms with Crippen molar-refractivity contribution in [2.24, 2.45) is 5.73 Å². The molecular weight excluding hydrogens is 378 g/mol. The lowest BCUT2D eigenvalue weighted by molar-refractivity contribution is -0.140. The number of hydrogen-bond acceptors (Lipinski definition) is 8. The average molecular weight is 401 g/mol. The van der Waals surface area contributed by atoms with Crippen LogP contribution in [0.3, 0.4) is 0 Å². The van der Waals surface area contributed by atoms with Gasteiger partial charge in [0.15, 0.2) is 5.78 Å². The van der Waals surface area contributed by atoms with Crippen molar-refractivity contribution >= 4 is 17.7 Å². The third-order valence-corrected chi connectivity index (χ3v) is 4.89. The molecule has 0 saturated heterocycles. The van der Waals surface area contributed by atoms with Crippen molar-refractivity contribution in [3.8, 4) is 0 Å². The molecule has 3 rings (SSSR count). The van der Waals surface area contributed by atoms with E-state index >= 15 is 0 Å². The van der Waals surface area contributed by atoms with E-state index in [1.54, 1.807) is 24.3 Å². The van der Waals surface area contributed by atoms with Crippen LogP contribution in [0.2, 0.25) is 0 Å². The topological polar surface area (TPSA) is 114 Å². The minimum Gasteiger partial charge on any atom is -0.465 e. The van der Waals surface area contributed by atoms with Crippen molar-refractivity contribution < 1.29 is 33.3 Å². The standard InChI is InChI=1S/C21H23NO7/c1-26-10-11-28-21(25)18-16(12-6-8-13(9-7-12)20(24)27-2)17-14(23)4-3-5-15(17)29-19(18)22/h6-9,16H,3-5,10-11,22H2,1-2H3/t16-/m0/s1. The first-order chi connectivity index (χ1) is 14.0. The molecular formula is C21H23NO7. The highest BCUT2D eigenvalue weighted by molar-refractivity contribution is 6.03. The Morgan fingerprint density at radius 3 is 2.48 bits per heavy atom. The Labute approximate surface area is 168 Å². The van der Waals surface area contributed by atoms with Crippen LogP contribution in [0.25, 0.3) is 0 Å². The normalized spacial score (nSPS) is 18.8. The summed E-state index contributed by atoms with van der Waals surface area (Å²) >= 11 is 0. The number of hydrogen-bond donors (Lipinski definition) is 1. The van der Waals surface area contributed by atoms with Gasteiger partial charge in [0.25, 0.3) is 0 Å². The predicted molar refractivity (Wildman–Crippen MR) is 102 cm³/mol. The van der Waals surface area contributed by atoms with Crippen molar-refractivity contribution in [2.75, 3.05) is 27.4 Å². The molecule has 0 spiro atoms. The molecule has 2 N–H and O–H groups in total. The highest BCUT2D eigenvalue weighted by atomic mass is 16.6. The number of methoxy groups -OCH3 is 2. The van der Waals surface area contributed by atoms with Gasteiger partial charge in [0.05, 0.1) is 25.2 Å². The molecule has 0 saturated carbocycles. The van der Waals surface area contributed by atoms with Crippen LogP contribution in [0, 0.1) is 0 Å². The first kappa shape index (κ1) is 20.6. The van der Waals surface area contributed by atoms with Crippen LogP contribution in [-0.4, -0.2) is 45.2 Å². The lowest BCUT2D eigenvalue weighted by Gasteiger charge is -2.32. The number of esters is 2. The summed E-state index contributed by atoms with van der Waals surface area (Å²) in [6.07, 6.45) is 1.59. The van der Waals surface area contributed by atoms with Gasteiger partial charge in [-0.25, -0.2) is 9.59 Å². The molecule has 1 aliphatic heterocycles. The Morgan fingerprint density at radius 2 is 1.83 bits per heavy atom. The van der Waals surface area contributed by atoms with Crippen molar-refractivity contribution in [1.29, 1.82) is 0 Å². The molecule has 2 aliphatic rings. The monoisotopic (exact) mass is 401 g/mol. The second kappa shape index (κ2) is 8.91. The molecule has 8 heteroatoms. The maximum atomic E-state index is 12.8. The maximum Gasteiger partial charge on any atom is 0.340 e. The zero-order chi connectivity index (χ0) is 21.0. The first-order valence-corrected chi connectivity index (χ1v) is 9.26. The Morgan fingerprint density at radius 1 is 1.10 bits per heavy atom. The van der Waals surface area contributed by atoms with Gasteiger partial charge >= 0.3 is 11.9 Å². The third kappa shape index (κ3) is 4.17. The average Bonchev–Trinajstić information content (AvgIpc) is 2.72. The zero-order valence-corrected chi connectivity index (χ0v) is 16.4. The number of nitrogens with two attached hydrogens (primary N) is 1. The summed E-state index contributed by atoms with van der Waals surface area (Å²) < 4.78 is 20.5. The Bertz CT molecular complexity index is 883. The molecule has 154 valence electrons. The fourth-order valence-electron chi connectivity index (χ4n) is 3.51. The van der Waals surface area contributed by atoms with Gasteiger partial charge in [0.1, 0.15) is 17.9 Å². The summed E-state index contributed by atoms with van der Waals surface area (Å²) in [5, 5.41) is 0. The van der Waals surface area contributed by atoms with Gasteiger partial charge in [-0.3, -0.25) is 4.79 Å². The van der Waals surface area contributed by atoms with E-state index in [9.17, 15) is 14.4 Å². The summed E-state index contributed by atoms with van der Waals surface area (Å²) in [6, 6.07) is 6.50. The molecule has 1 heterocycles. The minimum absolute atomic E-state index is 0.0416. The maximum absolute atomic E-state index is 12.8. The number of carbonyl (C=O) groups excluding carboxylic acids is 3. The quantitative estimate of drug-likeness (QED) is 0.568. The number of allylic oxidation sites excluding steroid dienone is 2. The number of benzene rings is 1. The number of carbonyl (C=O) groups is 3. The van der Waals surface area contributed by atoms with Crippen molar-refractivity contribution in [2.45, 2.75) is 25.2 Å². The van der Waals surface area contributed by atoms with Crippen LogP contribution in [0.4, 0.5) is 0 Å². The summed E-state index contributed by atoms with van der Waals surface area (Å²) in [5.74, 6) is -1.58. The molecule has 29 heavy (non-hydrogen) atoms. The Hall–Kier alpha value is -3.13. The van der Waals surface area contributed by atoms with Crippen molar-refractivity contribution in [1.82, 2.24) is 0 Å². The summed E-state index contributed by atoms with van der Waals surface area (Å²) in [5.41, 5.74) is 7.54. The Kier molecular flexibility index (Phi) is 6.33. The molecule has 0 aromatic heterocycles. The van der Waals surface area contributed by atoms with Gasteiger partial charge in [-0.15, -0.1) is 0 Å². The van der Waals surface area contributed by atoms with Gasteiger partial charge in [-0.1, -0.05) is 12.1 Å². The van der Waals surface area contributed by atoms with Crippen LogP contribution in [0.5, 0.6) is 0 Å². The highest BCUT2D eigenvalue weighted by Crippen LogP contribution is 2.44. The van der Waals surface area contributed by atoms with E-state index in [0.717, 1.165) is 0 Å². The number of Topliss-reactive ketones (excluding diaryl/α,β-unsaturated/α-hetero) is 1. The molecule has 1 aliphatic carbocycles. The SMILES string of the molecule is COCCOC(=O)C1=C(N)OC2=C(C(=O)CCC2)[C@@H]1c1ccc(C(=O)OC)cc1. The zero-order valence-electron chi connectivity index (χ0n) is 16.4. The van der Waals surface area contributed by atoms with E-state index in [1.807, 2.05) is 0 Å². The second-order valence-electron chi connectivity index (χ2n) is 6.67. The predicted octanol–water partition coefficient (Wildman–Crippen LogP) is 1.95. The number of ether oxygens (including phenoxy) is 4. The molecule has 0 bridgehead atoms. The van der Waals surface area contributed by atoms with E-state index in [-0.39, 0.29) is 30.5 Å². The van der Waals surface area contributed by atoms with Crippen LogP contribution < -0.4 is 5.73 Å². The third-order valence-electron chi connectivity index (χ3n) is 4.89. The van der Waals surface area contributed by atoms with Crippen molar-refractivity contribution in [3.05, 3.63) is 58.2 Å². The molecule has 0 amide bonds. The van der Waals surface area contributed by atoms with Crippen LogP contribution in [0.1, 0.15) is 41.1 Å². The highest BCUT2D eigenvalue weighted by Gasteiger charge is 2.41. The molecule has 0 fully saturated rings. The second-order valence-corrected chi connectivity index (χ2v) is 6.67. The van der Waals surface area contributed by atoms with E-state index in [4.69, 9.17) is 24.7 Å². The lowest BCUT2D eigenvalue weighted by atomic mass is 9.77. The van der Waals surface area contributed by atoms with E-state index in [0.29, 0.717) is 41.7 Å². The van der Waals surface area contributed by atoms with E-state index in [2.05, 4.69) is 0 Å². The summed E-state index contributed by atoms with van der Waals surface area (Å²) in [4.78, 5) is 37.2. The molecule has 8 nitrogen and oxygen atoms in total. The van der Waals surface area contributed by atoms with Crippen LogP contribution in [-0.2, 0) is 28.5 Å². The number of ketones is 1. The summed E-state index contributed by atoms with van der Waals surface area (Å²) in [6.45, 7) is 0.269. The fraction of sp³-hybridized carbons (Fsp3) is 0.381. The molecule has 0 unspecified atom stereocenters. The molecule has 1 atom stereocenters. The van der Waals surface area contributed by atoms with Crippen molar-refractivity contribution in [3.63, 3.8) is 0 Å². The molecule has 1 aromatic carbocycles. The summed E-state index contributed by atoms with van der Waals surface area (Å²) in [7, 11) is 2.79. The van der Waals surface area contributed by atoms with Gasteiger partial charge in [0.2, 0.25) is 5.88 Å². The van der Waals surface area contributed by atoms with Gasteiger partial charge in [-0.2, -0.15) is 0 Å². The largest absolute Gasteiger partial charge is 0.465 e. The van der Waals surface area contributed by atoms with Crippen LogP contribution >= 0.6 is 0 Å². The lowest BCUT2D eigenvalue weighted by Crippen LogP contribution is -2.31.